The van der Waals surface area contributed by atoms with Gasteiger partial charge in [0.2, 0.25) is 0 Å². The van der Waals surface area contributed by atoms with Gasteiger partial charge in [-0.05, 0) is 137 Å². The molecule has 0 radical (unpaired) electrons. The predicted molar refractivity (Wildman–Crippen MR) is 292 cm³/mol. The highest BCUT2D eigenvalue weighted by Crippen LogP contribution is 2.59. The van der Waals surface area contributed by atoms with E-state index in [1.807, 2.05) is 0 Å². The Labute approximate surface area is 406 Å². The zero-order chi connectivity index (χ0) is 46.0. The molecule has 1 nitrogen and oxygen atoms in total. The van der Waals surface area contributed by atoms with E-state index in [2.05, 4.69) is 242 Å². The molecule has 0 bridgehead atoms. The van der Waals surface area contributed by atoms with Crippen molar-refractivity contribution in [1.29, 1.82) is 0 Å². The normalized spacial score (nSPS) is 18.2. The Morgan fingerprint density at radius 3 is 2.06 bits per heavy atom. The number of fused-ring (bicyclic) bond motifs is 4. The number of hydrogen-bond acceptors (Lipinski definition) is 1. The van der Waals surface area contributed by atoms with Gasteiger partial charge < -0.3 is 4.90 Å². The summed E-state index contributed by atoms with van der Waals surface area (Å²) in [4.78, 5) is 2.60. The van der Waals surface area contributed by atoms with Crippen LogP contribution in [0.2, 0.25) is 0 Å². The Morgan fingerprint density at radius 2 is 1.34 bits per heavy atom. The Hall–Kier alpha value is -6.96. The van der Waals surface area contributed by atoms with Crippen molar-refractivity contribution in [3.8, 4) is 0 Å². The third-order valence-corrected chi connectivity index (χ3v) is 15.0. The maximum absolute atomic E-state index is 2.60. The van der Waals surface area contributed by atoms with E-state index in [1.165, 1.54) is 99.2 Å². The lowest BCUT2D eigenvalue weighted by Gasteiger charge is -2.43. The van der Waals surface area contributed by atoms with Crippen LogP contribution in [0.4, 0.5) is 11.4 Å². The first-order valence-electron chi connectivity index (χ1n) is 25.4. The molecule has 1 fully saturated rings. The fourth-order valence-corrected chi connectivity index (χ4v) is 11.7. The van der Waals surface area contributed by atoms with Crippen molar-refractivity contribution < 1.29 is 0 Å². The van der Waals surface area contributed by atoms with Crippen LogP contribution in [0.25, 0.3) is 23.3 Å². The summed E-state index contributed by atoms with van der Waals surface area (Å²) in [7, 11) is 0. The molecule has 68 heavy (non-hydrogen) atoms. The van der Waals surface area contributed by atoms with Gasteiger partial charge >= 0.3 is 0 Å². The molecule has 0 aromatic heterocycles. The van der Waals surface area contributed by atoms with Crippen molar-refractivity contribution in [2.45, 2.75) is 82.5 Å². The van der Waals surface area contributed by atoms with Crippen LogP contribution in [0, 0.1) is 5.92 Å². The monoisotopic (exact) mass is 884 g/mol. The van der Waals surface area contributed by atoms with Crippen molar-refractivity contribution in [3.63, 3.8) is 0 Å². The Bertz CT molecular complexity index is 2890. The van der Waals surface area contributed by atoms with Gasteiger partial charge in [0, 0.05) is 35.2 Å². The van der Waals surface area contributed by atoms with Crippen molar-refractivity contribution in [2.24, 2.45) is 5.92 Å². The molecule has 6 aromatic carbocycles. The van der Waals surface area contributed by atoms with Gasteiger partial charge in [0.15, 0.2) is 0 Å². The topological polar surface area (TPSA) is 3.24 Å². The second-order valence-electron chi connectivity index (χ2n) is 19.2. The third-order valence-electron chi connectivity index (χ3n) is 15.0. The summed E-state index contributed by atoms with van der Waals surface area (Å²) < 4.78 is 0. The molecule has 2 atom stereocenters. The summed E-state index contributed by atoms with van der Waals surface area (Å²) in [5.41, 5.74) is 19.2. The number of para-hydroxylation sites is 1. The predicted octanol–water partition coefficient (Wildman–Crippen LogP) is 18.0. The van der Waals surface area contributed by atoms with E-state index in [1.54, 1.807) is 11.1 Å². The van der Waals surface area contributed by atoms with Gasteiger partial charge in [0.1, 0.15) is 0 Å². The number of allylic oxidation sites excluding steroid dienone is 12. The van der Waals surface area contributed by atoms with E-state index in [0.717, 1.165) is 38.6 Å². The zero-order valence-corrected chi connectivity index (χ0v) is 39.8. The maximum Gasteiger partial charge on any atom is 0.0411 e. The molecule has 0 aliphatic heterocycles. The van der Waals surface area contributed by atoms with Crippen molar-refractivity contribution in [3.05, 3.63) is 274 Å². The van der Waals surface area contributed by atoms with E-state index in [0.29, 0.717) is 11.8 Å². The average molecular weight is 884 g/mol. The van der Waals surface area contributed by atoms with Gasteiger partial charge in [-0.25, -0.2) is 0 Å². The van der Waals surface area contributed by atoms with Crippen LogP contribution < -0.4 is 4.90 Å². The standard InChI is InChI=1S/C67H65N/c1-2-54(64(56-31-15-6-16-32-56)48-52-26-11-4-12-27-52)28-19-20-36-61(55-29-13-5-14-30-55)57-41-43-60(44-42-57)68(59-34-17-7-18-35-59)50-58-33-23-37-63-62-45-40-53(39-38-51-24-9-3-10-25-51)49-65(62)67(66(58)63)46-21-8-22-47-67/h2-3,5-7,9-11,13-19,23-32,34-45,49,58,64H,4,8,12,20-22,33,46-48,50H2,1H3/b28-19-,39-38?,54-2+,61-36+. The highest BCUT2D eigenvalue weighted by atomic mass is 15.1. The first-order chi connectivity index (χ1) is 33.7. The lowest BCUT2D eigenvalue weighted by atomic mass is 9.63. The van der Waals surface area contributed by atoms with E-state index in [9.17, 15) is 0 Å². The second kappa shape index (κ2) is 21.3. The van der Waals surface area contributed by atoms with Crippen LogP contribution in [-0.2, 0) is 5.41 Å². The highest BCUT2D eigenvalue weighted by molar-refractivity contribution is 5.89. The number of rotatable bonds is 15. The van der Waals surface area contributed by atoms with Crippen LogP contribution in [0.1, 0.15) is 116 Å². The van der Waals surface area contributed by atoms with Crippen LogP contribution >= 0.6 is 0 Å². The summed E-state index contributed by atoms with van der Waals surface area (Å²) >= 11 is 0. The SMILES string of the molecule is C/C=C(\C=C/C/C=C(\c1ccccc1)c1ccc(N(CC2CC=CC3=C2C2(CCCCC2)c2cc(C=Cc4ccccc4)ccc23)c2ccccc2)cc1)C(CC1=CCCC=C1)c1ccccc1. The van der Waals surface area contributed by atoms with Gasteiger partial charge in [-0.3, -0.25) is 0 Å². The molecule has 1 saturated carbocycles. The molecule has 0 N–H and O–H groups in total. The molecule has 1 heteroatoms. The Kier molecular flexibility index (Phi) is 14.1. The van der Waals surface area contributed by atoms with Crippen LogP contribution in [-0.4, -0.2) is 6.54 Å². The van der Waals surface area contributed by atoms with Crippen molar-refractivity contribution in [2.75, 3.05) is 11.4 Å². The fraction of sp³-hybridized carbons (Fsp3) is 0.224. The first-order valence-corrected chi connectivity index (χ1v) is 25.4. The molecule has 1 spiro atoms. The van der Waals surface area contributed by atoms with Gasteiger partial charge in [0.25, 0.3) is 0 Å². The number of anilines is 2. The second-order valence-corrected chi connectivity index (χ2v) is 19.2. The number of benzene rings is 6. The van der Waals surface area contributed by atoms with Gasteiger partial charge in [0.05, 0.1) is 0 Å². The van der Waals surface area contributed by atoms with E-state index in [-0.39, 0.29) is 5.41 Å². The van der Waals surface area contributed by atoms with E-state index < -0.39 is 0 Å². The number of nitrogens with zero attached hydrogens (tertiary/aromatic N) is 1. The molecule has 6 aromatic rings. The summed E-state index contributed by atoms with van der Waals surface area (Å²) in [5.74, 6) is 0.712. The summed E-state index contributed by atoms with van der Waals surface area (Å²) in [6, 6.07) is 60.5. The van der Waals surface area contributed by atoms with Gasteiger partial charge in [-0.2, -0.15) is 0 Å². The minimum atomic E-state index is 0.0887. The zero-order valence-electron chi connectivity index (χ0n) is 39.8. The first kappa shape index (κ1) is 44.9. The van der Waals surface area contributed by atoms with Crippen LogP contribution in [0.5, 0.6) is 0 Å². The van der Waals surface area contributed by atoms with Crippen LogP contribution in [0.15, 0.2) is 235 Å². The minimum absolute atomic E-state index is 0.0887. The maximum atomic E-state index is 2.60. The van der Waals surface area contributed by atoms with E-state index >= 15 is 0 Å². The highest BCUT2D eigenvalue weighted by Gasteiger charge is 2.48. The van der Waals surface area contributed by atoms with Gasteiger partial charge in [-0.15, -0.1) is 0 Å². The average Bonchev–Trinajstić information content (AvgIpc) is 3.67. The summed E-state index contributed by atoms with van der Waals surface area (Å²) in [6.45, 7) is 3.12. The van der Waals surface area contributed by atoms with E-state index in [4.69, 9.17) is 0 Å². The van der Waals surface area contributed by atoms with Crippen LogP contribution in [0.3, 0.4) is 0 Å². The molecular weight excluding hydrogens is 819 g/mol. The molecule has 4 aliphatic carbocycles. The quantitative estimate of drug-likeness (QED) is 0.0734. The molecule has 338 valence electrons. The lowest BCUT2D eigenvalue weighted by Crippen LogP contribution is -2.37. The smallest absolute Gasteiger partial charge is 0.0411 e. The molecule has 0 heterocycles. The molecule has 0 amide bonds. The Balaban J connectivity index is 0.932. The minimum Gasteiger partial charge on any atom is -0.341 e. The van der Waals surface area contributed by atoms with Crippen molar-refractivity contribution in [1.82, 2.24) is 0 Å². The van der Waals surface area contributed by atoms with Crippen molar-refractivity contribution >= 4 is 34.7 Å². The fourth-order valence-electron chi connectivity index (χ4n) is 11.7. The van der Waals surface area contributed by atoms with Gasteiger partial charge in [-0.1, -0.05) is 231 Å². The summed E-state index contributed by atoms with van der Waals surface area (Å²) in [6.07, 6.45) is 37.6. The number of hydrogen-bond donors (Lipinski definition) is 0. The Morgan fingerprint density at radius 1 is 0.662 bits per heavy atom. The lowest BCUT2D eigenvalue weighted by molar-refractivity contribution is 0.318. The molecule has 0 saturated heterocycles. The molecule has 2 unspecified atom stereocenters. The largest absolute Gasteiger partial charge is 0.341 e. The molecule has 4 aliphatic rings. The molecule has 10 rings (SSSR count). The third kappa shape index (κ3) is 9.86. The molecular formula is C67H65N. The summed E-state index contributed by atoms with van der Waals surface area (Å²) in [5, 5.41) is 0.